The van der Waals surface area contributed by atoms with Crippen molar-refractivity contribution in [1.29, 1.82) is 0 Å². The van der Waals surface area contributed by atoms with E-state index in [9.17, 15) is 9.90 Å². The number of rotatable bonds is 6. The van der Waals surface area contributed by atoms with Crippen LogP contribution in [-0.2, 0) is 4.79 Å². The number of carbonyl (C=O) groups excluding carboxylic acids is 1. The van der Waals surface area contributed by atoms with Gasteiger partial charge in [-0.1, -0.05) is 54.4 Å². The lowest BCUT2D eigenvalue weighted by Gasteiger charge is -2.58. The predicted octanol–water partition coefficient (Wildman–Crippen LogP) is 7.20. The normalized spacial score (nSPS) is 44.3. The Morgan fingerprint density at radius 3 is 2.45 bits per heavy atom. The Morgan fingerprint density at radius 2 is 1.77 bits per heavy atom. The molecule has 0 radical (unpaired) electrons. The summed E-state index contributed by atoms with van der Waals surface area (Å²) in [5, 5.41) is 10.2. The molecule has 3 saturated carbocycles. The summed E-state index contributed by atoms with van der Waals surface area (Å²) in [5.74, 6) is 5.58. The molecule has 9 unspecified atom stereocenters. The van der Waals surface area contributed by atoms with Crippen molar-refractivity contribution < 1.29 is 9.90 Å². The molecule has 0 spiro atoms. The van der Waals surface area contributed by atoms with Crippen molar-refractivity contribution in [3.05, 3.63) is 11.6 Å². The van der Waals surface area contributed by atoms with Gasteiger partial charge in [-0.25, -0.2) is 0 Å². The van der Waals surface area contributed by atoms with Crippen LogP contribution in [0.15, 0.2) is 11.6 Å². The van der Waals surface area contributed by atoms with Crippen LogP contribution in [0.2, 0.25) is 0 Å². The van der Waals surface area contributed by atoms with Crippen LogP contribution < -0.4 is 0 Å². The van der Waals surface area contributed by atoms with Crippen molar-refractivity contribution in [1.82, 2.24) is 0 Å². The van der Waals surface area contributed by atoms with Crippen LogP contribution in [0.5, 0.6) is 0 Å². The zero-order chi connectivity index (χ0) is 22.6. The SMILES string of the molecule is CCC(CCC(C)C1CCC2C3CC(=O)C4=CC(O)CCC4(C)C3CCC12C)C(C)C. The van der Waals surface area contributed by atoms with Gasteiger partial charge in [0.1, 0.15) is 0 Å². The molecule has 0 saturated heterocycles. The van der Waals surface area contributed by atoms with Crippen LogP contribution in [0.3, 0.4) is 0 Å². The summed E-state index contributed by atoms with van der Waals surface area (Å²) in [6.07, 6.45) is 13.5. The standard InChI is InChI=1S/C29H48O2/c1-7-20(18(2)3)9-8-19(4)23-10-11-24-22-17-27(31)26-16-21(30)12-14-29(26,6)25(22)13-15-28(23,24)5/h16,18-25,30H,7-15,17H2,1-6H3. The quantitative estimate of drug-likeness (QED) is 0.485. The molecule has 4 aliphatic rings. The zero-order valence-electron chi connectivity index (χ0n) is 21.1. The lowest BCUT2D eigenvalue weighted by molar-refractivity contribution is -0.129. The van der Waals surface area contributed by atoms with Gasteiger partial charge in [0.2, 0.25) is 0 Å². The number of hydrogen-bond donors (Lipinski definition) is 1. The number of ketones is 1. The Labute approximate surface area is 191 Å². The van der Waals surface area contributed by atoms with Gasteiger partial charge < -0.3 is 5.11 Å². The number of fused-ring (bicyclic) bond motifs is 5. The topological polar surface area (TPSA) is 37.3 Å². The number of aliphatic hydroxyl groups is 1. The first kappa shape index (κ1) is 23.5. The second-order valence-corrected chi connectivity index (χ2v) is 12.8. The van der Waals surface area contributed by atoms with Gasteiger partial charge in [-0.05, 0) is 109 Å². The van der Waals surface area contributed by atoms with Crippen LogP contribution in [-0.4, -0.2) is 17.0 Å². The van der Waals surface area contributed by atoms with E-state index in [-0.39, 0.29) is 5.41 Å². The van der Waals surface area contributed by atoms with Gasteiger partial charge >= 0.3 is 0 Å². The highest BCUT2D eigenvalue weighted by Crippen LogP contribution is 2.67. The van der Waals surface area contributed by atoms with Crippen molar-refractivity contribution in [3.63, 3.8) is 0 Å². The summed E-state index contributed by atoms with van der Waals surface area (Å²) in [7, 11) is 0. The third-order valence-corrected chi connectivity index (χ3v) is 11.1. The summed E-state index contributed by atoms with van der Waals surface area (Å²) >= 11 is 0. The largest absolute Gasteiger partial charge is 0.389 e. The van der Waals surface area contributed by atoms with E-state index in [0.717, 1.165) is 54.4 Å². The van der Waals surface area contributed by atoms with E-state index in [1.54, 1.807) is 0 Å². The molecule has 1 N–H and O–H groups in total. The van der Waals surface area contributed by atoms with E-state index < -0.39 is 6.10 Å². The summed E-state index contributed by atoms with van der Waals surface area (Å²) in [6.45, 7) is 14.6. The van der Waals surface area contributed by atoms with Crippen molar-refractivity contribution >= 4 is 5.78 Å². The Morgan fingerprint density at radius 1 is 1.03 bits per heavy atom. The summed E-state index contributed by atoms with van der Waals surface area (Å²) in [4.78, 5) is 13.2. The fourth-order valence-corrected chi connectivity index (χ4v) is 9.19. The van der Waals surface area contributed by atoms with Gasteiger partial charge in [0.15, 0.2) is 5.78 Å². The number of carbonyl (C=O) groups is 1. The fourth-order valence-electron chi connectivity index (χ4n) is 9.19. The maximum Gasteiger partial charge on any atom is 0.159 e. The third-order valence-electron chi connectivity index (χ3n) is 11.1. The van der Waals surface area contributed by atoms with Gasteiger partial charge in [0, 0.05) is 6.42 Å². The fraction of sp³-hybridized carbons (Fsp3) is 0.897. The second-order valence-electron chi connectivity index (χ2n) is 12.8. The highest BCUT2D eigenvalue weighted by Gasteiger charge is 2.60. The molecule has 2 nitrogen and oxygen atoms in total. The molecule has 0 aromatic carbocycles. The van der Waals surface area contributed by atoms with Crippen LogP contribution in [0, 0.1) is 52.3 Å². The molecule has 4 rings (SSSR count). The monoisotopic (exact) mass is 428 g/mol. The van der Waals surface area contributed by atoms with Gasteiger partial charge in [0.05, 0.1) is 6.10 Å². The maximum absolute atomic E-state index is 13.2. The van der Waals surface area contributed by atoms with Crippen molar-refractivity contribution in [2.75, 3.05) is 0 Å². The van der Waals surface area contributed by atoms with Gasteiger partial charge in [-0.3, -0.25) is 4.79 Å². The van der Waals surface area contributed by atoms with E-state index in [4.69, 9.17) is 0 Å². The van der Waals surface area contributed by atoms with E-state index >= 15 is 0 Å². The van der Waals surface area contributed by atoms with E-state index in [1.165, 1.54) is 44.9 Å². The molecular formula is C29H48O2. The van der Waals surface area contributed by atoms with Crippen LogP contribution in [0.25, 0.3) is 0 Å². The van der Waals surface area contributed by atoms with E-state index in [2.05, 4.69) is 41.5 Å². The average molecular weight is 429 g/mol. The van der Waals surface area contributed by atoms with Gasteiger partial charge in [-0.2, -0.15) is 0 Å². The van der Waals surface area contributed by atoms with Crippen LogP contribution >= 0.6 is 0 Å². The van der Waals surface area contributed by atoms with Crippen molar-refractivity contribution in [3.8, 4) is 0 Å². The third kappa shape index (κ3) is 3.87. The Hall–Kier alpha value is -0.630. The van der Waals surface area contributed by atoms with Crippen LogP contribution in [0.4, 0.5) is 0 Å². The maximum atomic E-state index is 13.2. The van der Waals surface area contributed by atoms with Crippen LogP contribution in [0.1, 0.15) is 106 Å². The number of aliphatic hydroxyl groups excluding tert-OH is 1. The highest BCUT2D eigenvalue weighted by atomic mass is 16.3. The van der Waals surface area contributed by atoms with Gasteiger partial charge in [0.25, 0.3) is 0 Å². The van der Waals surface area contributed by atoms with E-state index in [0.29, 0.717) is 23.0 Å². The molecule has 31 heavy (non-hydrogen) atoms. The average Bonchev–Trinajstić information content (AvgIpc) is 3.07. The van der Waals surface area contributed by atoms with Crippen molar-refractivity contribution in [2.45, 2.75) is 112 Å². The number of hydrogen-bond acceptors (Lipinski definition) is 2. The smallest absolute Gasteiger partial charge is 0.159 e. The summed E-state index contributed by atoms with van der Waals surface area (Å²) in [6, 6.07) is 0. The zero-order valence-corrected chi connectivity index (χ0v) is 21.1. The molecule has 176 valence electrons. The molecule has 0 aromatic rings. The molecule has 0 aromatic heterocycles. The molecule has 4 aliphatic carbocycles. The second kappa shape index (κ2) is 8.62. The summed E-state index contributed by atoms with van der Waals surface area (Å²) in [5.41, 5.74) is 1.42. The lowest BCUT2D eigenvalue weighted by Crippen LogP contribution is -2.53. The Balaban J connectivity index is 1.51. The first-order valence-electron chi connectivity index (χ1n) is 13.5. The number of Topliss-reactive ketones (excluding diaryl/α,β-unsaturated/α-hetero) is 1. The first-order valence-corrected chi connectivity index (χ1v) is 13.5. The molecule has 3 fully saturated rings. The van der Waals surface area contributed by atoms with Crippen molar-refractivity contribution in [2.24, 2.45) is 52.3 Å². The molecular weight excluding hydrogens is 380 g/mol. The molecule has 0 bridgehead atoms. The Bertz CT molecular complexity index is 708. The Kier molecular flexibility index (Phi) is 6.54. The molecule has 2 heteroatoms. The predicted molar refractivity (Wildman–Crippen MR) is 129 cm³/mol. The highest BCUT2D eigenvalue weighted by molar-refractivity contribution is 5.98. The first-order chi connectivity index (χ1) is 14.6. The lowest BCUT2D eigenvalue weighted by atomic mass is 9.46. The minimum Gasteiger partial charge on any atom is -0.389 e. The minimum atomic E-state index is -0.410. The van der Waals surface area contributed by atoms with E-state index in [1.807, 2.05) is 6.08 Å². The minimum absolute atomic E-state index is 0.00980. The molecule has 0 heterocycles. The molecule has 0 amide bonds. The molecule has 0 aliphatic heterocycles. The number of allylic oxidation sites excluding steroid dienone is 1. The summed E-state index contributed by atoms with van der Waals surface area (Å²) < 4.78 is 0. The molecule has 9 atom stereocenters. The van der Waals surface area contributed by atoms with Gasteiger partial charge in [-0.15, -0.1) is 0 Å².